The van der Waals surface area contributed by atoms with Gasteiger partial charge in [0.15, 0.2) is 0 Å². The molecule has 3 amide bonds. The molecule has 0 heterocycles. The second kappa shape index (κ2) is 15.7. The molecule has 5 aromatic rings. The maximum atomic E-state index is 14.2. The van der Waals surface area contributed by atoms with Crippen LogP contribution in [-0.2, 0) is 9.59 Å². The minimum Gasteiger partial charge on any atom is -0.457 e. The lowest BCUT2D eigenvalue weighted by molar-refractivity contribution is -0.114. The highest BCUT2D eigenvalue weighted by atomic mass is 79.9. The average Bonchev–Trinajstić information content (AvgIpc) is 3.06. The molecule has 230 valence electrons. The summed E-state index contributed by atoms with van der Waals surface area (Å²) in [5.41, 5.74) is 1.53. The molecule has 0 bridgehead atoms. The Hall–Kier alpha value is -5.19. The van der Waals surface area contributed by atoms with Crippen molar-refractivity contribution in [2.75, 3.05) is 16.4 Å². The molecule has 0 atom stereocenters. The molecule has 0 aromatic heterocycles. The molecule has 10 heteroatoms. The minimum atomic E-state index is -0.752. The van der Waals surface area contributed by atoms with Gasteiger partial charge in [0.1, 0.15) is 23.0 Å². The number of hydrogen-bond acceptors (Lipinski definition) is 5. The molecule has 46 heavy (non-hydrogen) atoms. The number of amides is 3. The summed E-state index contributed by atoms with van der Waals surface area (Å²) in [5.74, 6) is -0.648. The van der Waals surface area contributed by atoms with Crippen molar-refractivity contribution in [1.82, 2.24) is 5.32 Å². The second-order valence-electron chi connectivity index (χ2n) is 9.80. The van der Waals surface area contributed by atoms with Crippen LogP contribution < -0.4 is 20.7 Å². The van der Waals surface area contributed by atoms with Crippen molar-refractivity contribution >= 4 is 62.9 Å². The Morgan fingerprint density at radius 2 is 1.33 bits per heavy atom. The quantitative estimate of drug-likeness (QED) is 0.0951. The molecule has 3 N–H and O–H groups in total. The van der Waals surface area contributed by atoms with Crippen molar-refractivity contribution < 1.29 is 23.5 Å². The fourth-order valence-corrected chi connectivity index (χ4v) is 5.09. The molecule has 0 saturated heterocycles. The molecule has 0 aliphatic carbocycles. The van der Waals surface area contributed by atoms with Gasteiger partial charge in [0.2, 0.25) is 5.91 Å². The Morgan fingerprint density at radius 3 is 2.02 bits per heavy atom. The van der Waals surface area contributed by atoms with E-state index in [4.69, 9.17) is 4.74 Å². The third-order valence-electron chi connectivity index (χ3n) is 6.39. The van der Waals surface area contributed by atoms with Gasteiger partial charge in [-0.05, 0) is 96.6 Å². The first kappa shape index (κ1) is 32.2. The van der Waals surface area contributed by atoms with Gasteiger partial charge in [0.05, 0.1) is 11.3 Å². The van der Waals surface area contributed by atoms with E-state index < -0.39 is 17.6 Å². The van der Waals surface area contributed by atoms with E-state index in [0.717, 1.165) is 15.1 Å². The smallest absolute Gasteiger partial charge is 0.272 e. The molecular weight excluding hydrogens is 669 g/mol. The topological polar surface area (TPSA) is 96.5 Å². The summed E-state index contributed by atoms with van der Waals surface area (Å²) in [7, 11) is 0. The first-order valence-corrected chi connectivity index (χ1v) is 15.8. The average molecular weight is 697 g/mol. The maximum Gasteiger partial charge on any atom is 0.272 e. The van der Waals surface area contributed by atoms with E-state index in [1.165, 1.54) is 36.0 Å². The van der Waals surface area contributed by atoms with Crippen LogP contribution in [-0.4, -0.2) is 23.5 Å². The van der Waals surface area contributed by atoms with Crippen LogP contribution in [0, 0.1) is 5.82 Å². The molecule has 0 aliphatic heterocycles. The number of carbonyl (C=O) groups is 3. The van der Waals surface area contributed by atoms with Crippen molar-refractivity contribution in [3.8, 4) is 11.5 Å². The number of benzene rings is 5. The monoisotopic (exact) mass is 695 g/mol. The lowest BCUT2D eigenvalue weighted by atomic mass is 10.1. The van der Waals surface area contributed by atoms with Crippen LogP contribution in [0.1, 0.15) is 15.9 Å². The Bertz CT molecular complexity index is 1850. The van der Waals surface area contributed by atoms with Crippen LogP contribution in [0.3, 0.4) is 0 Å². The Morgan fingerprint density at radius 1 is 0.717 bits per heavy atom. The summed E-state index contributed by atoms with van der Waals surface area (Å²) in [5, 5.41) is 8.17. The SMILES string of the molecule is O=C(CSc1ccc(NC(=O)C(=Cc2ccc(Br)cc2)NC(=O)c2ccccc2F)cc1)Nc1ccc(Oc2ccccc2)cc1. The van der Waals surface area contributed by atoms with E-state index in [2.05, 4.69) is 31.9 Å². The molecule has 0 saturated carbocycles. The van der Waals surface area contributed by atoms with Crippen LogP contribution in [0.25, 0.3) is 6.08 Å². The van der Waals surface area contributed by atoms with Crippen molar-refractivity contribution in [2.24, 2.45) is 0 Å². The van der Waals surface area contributed by atoms with Gasteiger partial charge in [-0.15, -0.1) is 11.8 Å². The molecule has 0 fully saturated rings. The number of hydrogen-bond donors (Lipinski definition) is 3. The largest absolute Gasteiger partial charge is 0.457 e. The van der Waals surface area contributed by atoms with E-state index in [9.17, 15) is 18.8 Å². The zero-order chi connectivity index (χ0) is 32.3. The van der Waals surface area contributed by atoms with Gasteiger partial charge < -0.3 is 20.7 Å². The summed E-state index contributed by atoms with van der Waals surface area (Å²) in [6.45, 7) is 0. The van der Waals surface area contributed by atoms with E-state index in [-0.39, 0.29) is 22.9 Å². The van der Waals surface area contributed by atoms with Crippen molar-refractivity contribution in [3.05, 3.63) is 155 Å². The number of thioether (sulfide) groups is 1. The first-order chi connectivity index (χ1) is 22.3. The molecule has 0 spiro atoms. The van der Waals surface area contributed by atoms with Gasteiger partial charge in [-0.25, -0.2) is 4.39 Å². The van der Waals surface area contributed by atoms with Crippen molar-refractivity contribution in [3.63, 3.8) is 0 Å². The predicted molar refractivity (Wildman–Crippen MR) is 183 cm³/mol. The molecule has 0 radical (unpaired) electrons. The predicted octanol–water partition coefficient (Wildman–Crippen LogP) is 8.52. The van der Waals surface area contributed by atoms with E-state index in [1.54, 1.807) is 78.9 Å². The zero-order valence-electron chi connectivity index (χ0n) is 24.2. The fourth-order valence-electron chi connectivity index (χ4n) is 4.13. The molecule has 0 unspecified atom stereocenters. The number of rotatable bonds is 11. The second-order valence-corrected chi connectivity index (χ2v) is 11.8. The maximum absolute atomic E-state index is 14.2. The van der Waals surface area contributed by atoms with E-state index >= 15 is 0 Å². The number of anilines is 2. The standard InChI is InChI=1S/C36H27BrFN3O4S/c37-25-12-10-24(11-13-25)22-33(41-35(43)31-8-4-5-9-32(31)38)36(44)40-27-16-20-30(21-17-27)46-23-34(42)39-26-14-18-29(19-15-26)45-28-6-2-1-3-7-28/h1-22H,23H2,(H,39,42)(H,40,44)(H,41,43). The van der Waals surface area contributed by atoms with Crippen molar-refractivity contribution in [2.45, 2.75) is 4.90 Å². The fraction of sp³-hybridized carbons (Fsp3) is 0.0278. The Kier molecular flexibility index (Phi) is 11.0. The van der Waals surface area contributed by atoms with Gasteiger partial charge in [-0.1, -0.05) is 58.4 Å². The normalized spacial score (nSPS) is 11.0. The summed E-state index contributed by atoms with van der Waals surface area (Å²) < 4.78 is 20.9. The van der Waals surface area contributed by atoms with Crippen LogP contribution >= 0.6 is 27.7 Å². The third-order valence-corrected chi connectivity index (χ3v) is 7.93. The minimum absolute atomic E-state index is 0.0645. The van der Waals surface area contributed by atoms with Crippen LogP contribution in [0.4, 0.5) is 15.8 Å². The lowest BCUT2D eigenvalue weighted by Gasteiger charge is -2.12. The Balaban J connectivity index is 1.17. The first-order valence-electron chi connectivity index (χ1n) is 14.0. The van der Waals surface area contributed by atoms with Gasteiger partial charge in [-0.3, -0.25) is 14.4 Å². The van der Waals surface area contributed by atoms with Gasteiger partial charge >= 0.3 is 0 Å². The summed E-state index contributed by atoms with van der Waals surface area (Å²) in [4.78, 5) is 39.4. The number of para-hydroxylation sites is 1. The lowest BCUT2D eigenvalue weighted by Crippen LogP contribution is -2.31. The highest BCUT2D eigenvalue weighted by Crippen LogP contribution is 2.24. The Labute approximate surface area is 278 Å². The number of halogens is 2. The number of ether oxygens (including phenoxy) is 1. The molecule has 0 aliphatic rings. The number of nitrogens with one attached hydrogen (secondary N) is 3. The summed E-state index contributed by atoms with van der Waals surface area (Å²) in [6, 6.07) is 36.2. The highest BCUT2D eigenvalue weighted by molar-refractivity contribution is 9.10. The van der Waals surface area contributed by atoms with Crippen molar-refractivity contribution in [1.29, 1.82) is 0 Å². The molecule has 5 rings (SSSR count). The molecular formula is C36H27BrFN3O4S. The summed E-state index contributed by atoms with van der Waals surface area (Å²) in [6.07, 6.45) is 1.51. The zero-order valence-corrected chi connectivity index (χ0v) is 26.6. The third kappa shape index (κ3) is 9.40. The van der Waals surface area contributed by atoms with Gasteiger partial charge in [-0.2, -0.15) is 0 Å². The van der Waals surface area contributed by atoms with Gasteiger partial charge in [0.25, 0.3) is 11.8 Å². The molecule has 7 nitrogen and oxygen atoms in total. The van der Waals surface area contributed by atoms with Crippen LogP contribution in [0.2, 0.25) is 0 Å². The van der Waals surface area contributed by atoms with Gasteiger partial charge in [0, 0.05) is 20.7 Å². The number of carbonyl (C=O) groups excluding carboxylic acids is 3. The summed E-state index contributed by atoms with van der Waals surface area (Å²) >= 11 is 4.71. The van der Waals surface area contributed by atoms with E-state index in [0.29, 0.717) is 22.7 Å². The highest BCUT2D eigenvalue weighted by Gasteiger charge is 2.17. The molecule has 5 aromatic carbocycles. The van der Waals surface area contributed by atoms with Crippen LogP contribution in [0.15, 0.2) is 142 Å². The van der Waals surface area contributed by atoms with Crippen LogP contribution in [0.5, 0.6) is 11.5 Å². The van der Waals surface area contributed by atoms with E-state index in [1.807, 2.05) is 30.3 Å².